The first kappa shape index (κ1) is 21.6. The van der Waals surface area contributed by atoms with Crippen LogP contribution in [0.1, 0.15) is 67.7 Å². The third-order valence-corrected chi connectivity index (χ3v) is 5.09. The van der Waals surface area contributed by atoms with Crippen molar-refractivity contribution in [2.45, 2.75) is 59.0 Å². The van der Waals surface area contributed by atoms with Gasteiger partial charge in [0, 0.05) is 28.6 Å². The summed E-state index contributed by atoms with van der Waals surface area (Å²) >= 11 is 0. The van der Waals surface area contributed by atoms with E-state index in [9.17, 15) is 14.7 Å². The first-order valence-electron chi connectivity index (χ1n) is 10.3. The van der Waals surface area contributed by atoms with Gasteiger partial charge in [0.2, 0.25) is 0 Å². The number of nitrogens with one attached hydrogen (secondary N) is 1. The van der Waals surface area contributed by atoms with Gasteiger partial charge in [-0.15, -0.1) is 0 Å². The molecule has 2 N–H and O–H groups in total. The maximum Gasteiger partial charge on any atom is 0.307 e. The van der Waals surface area contributed by atoms with Gasteiger partial charge in [0.25, 0.3) is 5.91 Å². The molecule has 0 radical (unpaired) electrons. The SMILES string of the molecule is CC(C)c1ccc(Cn2c(C(=O)NC(C)(C)C)c(CC(=O)O)c3ccccc32)cc1. The molecular weight excluding hydrogens is 376 g/mol. The van der Waals surface area contributed by atoms with Crippen LogP contribution in [0.15, 0.2) is 48.5 Å². The maximum atomic E-state index is 13.3. The molecule has 0 bridgehead atoms. The number of fused-ring (bicyclic) bond motifs is 1. The Labute approximate surface area is 177 Å². The molecule has 0 saturated heterocycles. The number of para-hydroxylation sites is 1. The summed E-state index contributed by atoms with van der Waals surface area (Å²) in [5, 5.41) is 13.3. The molecule has 2 aromatic carbocycles. The van der Waals surface area contributed by atoms with Crippen molar-refractivity contribution in [3.63, 3.8) is 0 Å². The molecule has 30 heavy (non-hydrogen) atoms. The molecule has 5 heteroatoms. The Morgan fingerprint density at radius 3 is 2.23 bits per heavy atom. The van der Waals surface area contributed by atoms with Gasteiger partial charge in [-0.2, -0.15) is 0 Å². The van der Waals surface area contributed by atoms with Gasteiger partial charge >= 0.3 is 5.97 Å². The Morgan fingerprint density at radius 1 is 1.03 bits per heavy atom. The van der Waals surface area contributed by atoms with Crippen LogP contribution in [0.3, 0.4) is 0 Å². The van der Waals surface area contributed by atoms with Crippen LogP contribution in [-0.2, 0) is 17.8 Å². The molecule has 5 nitrogen and oxygen atoms in total. The Balaban J connectivity index is 2.16. The minimum atomic E-state index is -0.955. The monoisotopic (exact) mass is 406 g/mol. The molecule has 158 valence electrons. The molecule has 0 aliphatic heterocycles. The third-order valence-electron chi connectivity index (χ3n) is 5.09. The van der Waals surface area contributed by atoms with Crippen LogP contribution in [-0.4, -0.2) is 27.1 Å². The molecule has 0 saturated carbocycles. The van der Waals surface area contributed by atoms with Crippen molar-refractivity contribution in [1.82, 2.24) is 9.88 Å². The first-order chi connectivity index (χ1) is 14.1. The Kier molecular flexibility index (Phi) is 6.01. The normalized spacial score (nSPS) is 11.8. The van der Waals surface area contributed by atoms with Crippen LogP contribution in [0.5, 0.6) is 0 Å². The number of benzene rings is 2. The average molecular weight is 407 g/mol. The molecule has 1 aromatic heterocycles. The van der Waals surface area contributed by atoms with Gasteiger partial charge < -0.3 is 15.0 Å². The smallest absolute Gasteiger partial charge is 0.307 e. The average Bonchev–Trinajstić information content (AvgIpc) is 2.94. The fraction of sp³-hybridized carbons (Fsp3) is 0.360. The molecule has 0 fully saturated rings. The predicted molar refractivity (Wildman–Crippen MR) is 120 cm³/mol. The fourth-order valence-corrected chi connectivity index (χ4v) is 3.72. The predicted octanol–water partition coefficient (Wildman–Crippen LogP) is 4.97. The number of aromatic nitrogens is 1. The standard InChI is InChI=1S/C25H30N2O3/c1-16(2)18-12-10-17(11-13-18)15-27-21-9-7-6-8-19(21)20(14-22(28)29)23(27)24(30)26-25(3,4)5/h6-13,16H,14-15H2,1-5H3,(H,26,30)(H,28,29). The number of carbonyl (C=O) groups excluding carboxylic acids is 1. The highest BCUT2D eigenvalue weighted by Crippen LogP contribution is 2.29. The van der Waals surface area contributed by atoms with Crippen LogP contribution in [0.25, 0.3) is 10.9 Å². The maximum absolute atomic E-state index is 13.3. The van der Waals surface area contributed by atoms with Crippen LogP contribution in [0.2, 0.25) is 0 Å². The zero-order valence-corrected chi connectivity index (χ0v) is 18.3. The summed E-state index contributed by atoms with van der Waals surface area (Å²) in [4.78, 5) is 24.9. The Hall–Kier alpha value is -3.08. The summed E-state index contributed by atoms with van der Waals surface area (Å²) in [5.74, 6) is -0.764. The second kappa shape index (κ2) is 8.34. The van der Waals surface area contributed by atoms with E-state index in [2.05, 4.69) is 43.4 Å². The lowest BCUT2D eigenvalue weighted by molar-refractivity contribution is -0.136. The van der Waals surface area contributed by atoms with E-state index in [0.29, 0.717) is 23.7 Å². The molecule has 3 aromatic rings. The molecule has 0 aliphatic rings. The van der Waals surface area contributed by atoms with E-state index in [1.54, 1.807) is 0 Å². The number of amides is 1. The fourth-order valence-electron chi connectivity index (χ4n) is 3.72. The van der Waals surface area contributed by atoms with Crippen molar-refractivity contribution in [2.75, 3.05) is 0 Å². The molecule has 0 unspecified atom stereocenters. The van der Waals surface area contributed by atoms with Gasteiger partial charge in [0.1, 0.15) is 5.69 Å². The lowest BCUT2D eigenvalue weighted by Gasteiger charge is -2.22. The van der Waals surface area contributed by atoms with Gasteiger partial charge in [0.15, 0.2) is 0 Å². The summed E-state index contributed by atoms with van der Waals surface area (Å²) in [6, 6.07) is 16.0. The van der Waals surface area contributed by atoms with Crippen LogP contribution < -0.4 is 5.32 Å². The molecular formula is C25H30N2O3. The number of hydrogen-bond acceptors (Lipinski definition) is 2. The molecule has 0 spiro atoms. The summed E-state index contributed by atoms with van der Waals surface area (Å²) < 4.78 is 1.94. The number of rotatable bonds is 6. The van der Waals surface area contributed by atoms with Gasteiger partial charge in [0.05, 0.1) is 6.42 Å². The van der Waals surface area contributed by atoms with E-state index in [1.165, 1.54) is 5.56 Å². The van der Waals surface area contributed by atoms with Crippen molar-refractivity contribution in [1.29, 1.82) is 0 Å². The highest BCUT2D eigenvalue weighted by Gasteiger charge is 2.26. The van der Waals surface area contributed by atoms with E-state index < -0.39 is 11.5 Å². The van der Waals surface area contributed by atoms with Gasteiger partial charge in [-0.05, 0) is 43.9 Å². The van der Waals surface area contributed by atoms with Crippen LogP contribution >= 0.6 is 0 Å². The van der Waals surface area contributed by atoms with E-state index in [4.69, 9.17) is 0 Å². The van der Waals surface area contributed by atoms with E-state index in [0.717, 1.165) is 16.5 Å². The topological polar surface area (TPSA) is 71.3 Å². The minimum Gasteiger partial charge on any atom is -0.481 e. The molecule has 1 amide bonds. The number of aliphatic carboxylic acids is 1. The summed E-state index contributed by atoms with van der Waals surface area (Å²) in [5.41, 5.74) is 3.72. The largest absolute Gasteiger partial charge is 0.481 e. The van der Waals surface area contributed by atoms with E-state index >= 15 is 0 Å². The number of nitrogens with zero attached hydrogens (tertiary/aromatic N) is 1. The first-order valence-corrected chi connectivity index (χ1v) is 10.3. The third kappa shape index (κ3) is 4.73. The zero-order valence-electron chi connectivity index (χ0n) is 18.3. The van der Waals surface area contributed by atoms with Crippen molar-refractivity contribution in [3.8, 4) is 0 Å². The Bertz CT molecular complexity index is 1070. The second-order valence-electron chi connectivity index (χ2n) is 9.10. The minimum absolute atomic E-state index is 0.202. The van der Waals surface area contributed by atoms with Crippen LogP contribution in [0.4, 0.5) is 0 Å². The quantitative estimate of drug-likeness (QED) is 0.607. The number of carbonyl (C=O) groups is 2. The zero-order chi connectivity index (χ0) is 22.1. The van der Waals surface area contributed by atoms with Gasteiger partial charge in [-0.25, -0.2) is 0 Å². The summed E-state index contributed by atoms with van der Waals surface area (Å²) in [6.45, 7) is 10.5. The molecule has 3 rings (SSSR count). The summed E-state index contributed by atoms with van der Waals surface area (Å²) in [6.07, 6.45) is -0.202. The number of carboxylic acid groups (broad SMARTS) is 1. The lowest BCUT2D eigenvalue weighted by Crippen LogP contribution is -2.41. The van der Waals surface area contributed by atoms with E-state index in [1.807, 2.05) is 49.6 Å². The second-order valence-corrected chi connectivity index (χ2v) is 9.10. The number of carboxylic acids is 1. The van der Waals surface area contributed by atoms with Crippen molar-refractivity contribution in [2.24, 2.45) is 0 Å². The van der Waals surface area contributed by atoms with Crippen molar-refractivity contribution >= 4 is 22.8 Å². The summed E-state index contributed by atoms with van der Waals surface area (Å²) in [7, 11) is 0. The highest BCUT2D eigenvalue weighted by molar-refractivity contribution is 6.03. The van der Waals surface area contributed by atoms with Gasteiger partial charge in [-0.3, -0.25) is 9.59 Å². The highest BCUT2D eigenvalue weighted by atomic mass is 16.4. The van der Waals surface area contributed by atoms with E-state index in [-0.39, 0.29) is 12.3 Å². The molecule has 0 aliphatic carbocycles. The number of hydrogen-bond donors (Lipinski definition) is 2. The molecule has 0 atom stereocenters. The molecule has 1 heterocycles. The Morgan fingerprint density at radius 2 is 1.67 bits per heavy atom. The lowest BCUT2D eigenvalue weighted by atomic mass is 10.0. The van der Waals surface area contributed by atoms with Crippen molar-refractivity contribution < 1.29 is 14.7 Å². The van der Waals surface area contributed by atoms with Crippen LogP contribution in [0, 0.1) is 0 Å². The van der Waals surface area contributed by atoms with Gasteiger partial charge in [-0.1, -0.05) is 56.3 Å². The van der Waals surface area contributed by atoms with Crippen molar-refractivity contribution in [3.05, 3.63) is 70.9 Å².